The minimum Gasteiger partial charge on any atom is -0.375 e. The van der Waals surface area contributed by atoms with E-state index in [0.717, 1.165) is 12.8 Å². The van der Waals surface area contributed by atoms with E-state index in [1.54, 1.807) is 7.05 Å². The van der Waals surface area contributed by atoms with Crippen LogP contribution in [0.3, 0.4) is 0 Å². The van der Waals surface area contributed by atoms with Gasteiger partial charge in [-0.3, -0.25) is 0 Å². The van der Waals surface area contributed by atoms with E-state index in [2.05, 4.69) is 20.6 Å². The van der Waals surface area contributed by atoms with Crippen LogP contribution in [0.4, 0.5) is 16.2 Å². The minimum absolute atomic E-state index is 0.261. The number of hydrogen-bond acceptors (Lipinski definition) is 5. The zero-order valence-electron chi connectivity index (χ0n) is 10.3. The molecule has 0 aliphatic carbocycles. The summed E-state index contributed by atoms with van der Waals surface area (Å²) < 4.78 is 19.3. The number of nitrogens with one attached hydrogen (secondary N) is 2. The molecule has 18 heavy (non-hydrogen) atoms. The highest BCUT2D eigenvalue weighted by molar-refractivity contribution is 5.40. The Morgan fingerprint density at radius 1 is 1.50 bits per heavy atom. The first-order valence-corrected chi connectivity index (χ1v) is 6.36. The Morgan fingerprint density at radius 3 is 3.06 bits per heavy atom. The normalized spacial score (nSPS) is 29.6. The Kier molecular flexibility index (Phi) is 3.03. The summed E-state index contributed by atoms with van der Waals surface area (Å²) in [7, 11) is 1.71. The van der Waals surface area contributed by atoms with Gasteiger partial charge in [0.15, 0.2) is 11.6 Å². The van der Waals surface area contributed by atoms with Crippen molar-refractivity contribution in [1.82, 2.24) is 9.97 Å². The van der Waals surface area contributed by atoms with Gasteiger partial charge in [0.1, 0.15) is 0 Å². The lowest BCUT2D eigenvalue weighted by atomic mass is 9.89. The number of ether oxygens (including phenoxy) is 1. The molecule has 5 nitrogen and oxygen atoms in total. The summed E-state index contributed by atoms with van der Waals surface area (Å²) in [6, 6.07) is 0. The Bertz CT molecular complexity index is 442. The molecule has 2 fully saturated rings. The van der Waals surface area contributed by atoms with E-state index < -0.39 is 5.82 Å². The van der Waals surface area contributed by atoms with Crippen LogP contribution in [0.5, 0.6) is 0 Å². The van der Waals surface area contributed by atoms with Gasteiger partial charge in [-0.2, -0.15) is 4.98 Å². The first-order chi connectivity index (χ1) is 8.76. The van der Waals surface area contributed by atoms with Crippen LogP contribution in [0, 0.1) is 11.7 Å². The molecule has 0 aromatic carbocycles. The molecule has 1 aromatic heterocycles. The van der Waals surface area contributed by atoms with E-state index >= 15 is 0 Å². The Morgan fingerprint density at radius 2 is 2.39 bits per heavy atom. The zero-order chi connectivity index (χ0) is 12.5. The molecule has 6 heteroatoms. The van der Waals surface area contributed by atoms with Crippen molar-refractivity contribution in [3.05, 3.63) is 12.0 Å². The highest BCUT2D eigenvalue weighted by atomic mass is 19.1. The van der Waals surface area contributed by atoms with Crippen molar-refractivity contribution in [3.63, 3.8) is 0 Å². The number of halogens is 1. The molecule has 2 saturated heterocycles. The van der Waals surface area contributed by atoms with Gasteiger partial charge < -0.3 is 15.4 Å². The minimum atomic E-state index is -0.418. The molecule has 0 radical (unpaired) electrons. The second kappa shape index (κ2) is 4.68. The molecule has 2 aliphatic rings. The third-order valence-electron chi connectivity index (χ3n) is 3.73. The molecule has 0 amide bonds. The van der Waals surface area contributed by atoms with Crippen molar-refractivity contribution in [3.8, 4) is 0 Å². The van der Waals surface area contributed by atoms with E-state index in [9.17, 15) is 4.39 Å². The third kappa shape index (κ3) is 2.12. The van der Waals surface area contributed by atoms with Crippen molar-refractivity contribution in [2.45, 2.75) is 31.5 Å². The van der Waals surface area contributed by atoms with Gasteiger partial charge in [-0.25, -0.2) is 9.37 Å². The average Bonchev–Trinajstić information content (AvgIpc) is 3.00. The number of fused-ring (bicyclic) bond motifs is 2. The zero-order valence-corrected chi connectivity index (χ0v) is 10.3. The van der Waals surface area contributed by atoms with Crippen LogP contribution in [0.1, 0.15) is 19.3 Å². The quantitative estimate of drug-likeness (QED) is 0.853. The smallest absolute Gasteiger partial charge is 0.224 e. The Hall–Kier alpha value is -1.43. The molecule has 1 aromatic rings. The van der Waals surface area contributed by atoms with Crippen LogP contribution in [0.2, 0.25) is 0 Å². The van der Waals surface area contributed by atoms with Crippen molar-refractivity contribution < 1.29 is 9.13 Å². The van der Waals surface area contributed by atoms with E-state index in [-0.39, 0.29) is 5.82 Å². The topological polar surface area (TPSA) is 59.1 Å². The average molecular weight is 252 g/mol. The fraction of sp³-hybridized carbons (Fsp3) is 0.667. The van der Waals surface area contributed by atoms with Crippen LogP contribution >= 0.6 is 0 Å². The third-order valence-corrected chi connectivity index (χ3v) is 3.73. The number of rotatable bonds is 4. The molecule has 2 bridgehead atoms. The highest BCUT2D eigenvalue weighted by Crippen LogP contribution is 2.38. The lowest BCUT2D eigenvalue weighted by Crippen LogP contribution is -2.25. The van der Waals surface area contributed by atoms with Gasteiger partial charge in [0, 0.05) is 19.5 Å². The maximum absolute atomic E-state index is 13.5. The van der Waals surface area contributed by atoms with Gasteiger partial charge >= 0.3 is 0 Å². The molecule has 98 valence electrons. The number of aromatic nitrogens is 2. The molecule has 2 aliphatic heterocycles. The molecule has 3 rings (SSSR count). The molecular formula is C12H17FN4O. The molecule has 2 N–H and O–H groups in total. The molecule has 0 saturated carbocycles. The Labute approximate surface area is 105 Å². The summed E-state index contributed by atoms with van der Waals surface area (Å²) in [5, 5.41) is 5.86. The lowest BCUT2D eigenvalue weighted by Gasteiger charge is -2.19. The largest absolute Gasteiger partial charge is 0.375 e. The van der Waals surface area contributed by atoms with Crippen molar-refractivity contribution in [2.24, 2.45) is 5.92 Å². The molecular weight excluding hydrogens is 235 g/mol. The maximum atomic E-state index is 13.5. The summed E-state index contributed by atoms with van der Waals surface area (Å²) in [4.78, 5) is 7.88. The van der Waals surface area contributed by atoms with E-state index in [4.69, 9.17) is 4.74 Å². The first-order valence-electron chi connectivity index (χ1n) is 6.36. The summed E-state index contributed by atoms with van der Waals surface area (Å²) in [5.74, 6) is 0.731. The van der Waals surface area contributed by atoms with Gasteiger partial charge in [0.05, 0.1) is 18.4 Å². The summed E-state index contributed by atoms with van der Waals surface area (Å²) in [6.45, 7) is 0.707. The van der Waals surface area contributed by atoms with Crippen molar-refractivity contribution in [1.29, 1.82) is 0 Å². The van der Waals surface area contributed by atoms with Crippen molar-refractivity contribution >= 4 is 11.8 Å². The second-order valence-electron chi connectivity index (χ2n) is 4.89. The van der Waals surface area contributed by atoms with Crippen LogP contribution in [0.25, 0.3) is 0 Å². The van der Waals surface area contributed by atoms with Crippen LogP contribution in [-0.4, -0.2) is 35.8 Å². The fourth-order valence-corrected chi connectivity index (χ4v) is 2.80. The molecule has 3 atom stereocenters. The first kappa shape index (κ1) is 11.6. The molecule has 3 heterocycles. The van der Waals surface area contributed by atoms with Crippen LogP contribution in [-0.2, 0) is 4.74 Å². The van der Waals surface area contributed by atoms with Crippen LogP contribution < -0.4 is 10.6 Å². The van der Waals surface area contributed by atoms with Gasteiger partial charge in [-0.1, -0.05) is 0 Å². The highest BCUT2D eigenvalue weighted by Gasteiger charge is 2.40. The van der Waals surface area contributed by atoms with Gasteiger partial charge in [0.2, 0.25) is 5.95 Å². The predicted octanol–water partition coefficient (Wildman–Crippen LogP) is 1.64. The lowest BCUT2D eigenvalue weighted by molar-refractivity contribution is 0.0941. The number of nitrogens with zero attached hydrogens (tertiary/aromatic N) is 2. The van der Waals surface area contributed by atoms with E-state index in [1.165, 1.54) is 12.6 Å². The summed E-state index contributed by atoms with van der Waals surface area (Å²) in [6.07, 6.45) is 5.32. The van der Waals surface area contributed by atoms with Gasteiger partial charge in [-0.05, 0) is 19.3 Å². The van der Waals surface area contributed by atoms with Gasteiger partial charge in [0.25, 0.3) is 0 Å². The number of hydrogen-bond donors (Lipinski definition) is 2. The molecule has 0 spiro atoms. The molecule has 3 unspecified atom stereocenters. The standard InChI is InChI=1S/C12H17FN4O/c1-14-12-16-6-9(13)11(17-12)15-5-7-4-8-2-3-10(7)18-8/h6-8,10H,2-5H2,1H3,(H2,14,15,16,17). The monoisotopic (exact) mass is 252 g/mol. The second-order valence-corrected chi connectivity index (χ2v) is 4.89. The van der Waals surface area contributed by atoms with E-state index in [0.29, 0.717) is 30.6 Å². The SMILES string of the molecule is CNc1ncc(F)c(NCC2CC3CCC2O3)n1. The van der Waals surface area contributed by atoms with E-state index in [1.807, 2.05) is 0 Å². The maximum Gasteiger partial charge on any atom is 0.224 e. The fourth-order valence-electron chi connectivity index (χ4n) is 2.80. The van der Waals surface area contributed by atoms with Crippen molar-refractivity contribution in [2.75, 3.05) is 24.2 Å². The number of anilines is 2. The summed E-state index contributed by atoms with van der Waals surface area (Å²) in [5.41, 5.74) is 0. The Balaban J connectivity index is 1.62. The van der Waals surface area contributed by atoms with Gasteiger partial charge in [-0.15, -0.1) is 0 Å². The van der Waals surface area contributed by atoms with Crippen LogP contribution in [0.15, 0.2) is 6.20 Å². The predicted molar refractivity (Wildman–Crippen MR) is 66.0 cm³/mol. The summed E-state index contributed by atoms with van der Waals surface area (Å²) >= 11 is 0.